The van der Waals surface area contributed by atoms with E-state index in [2.05, 4.69) is 5.32 Å². The van der Waals surface area contributed by atoms with E-state index in [4.69, 9.17) is 4.74 Å². The standard InChI is InChI=1S/C25H21FN2O3/c1-15-12-16(2)14-18(13-15)27-23-22(20-6-4-5-7-21(20)31-3)24(29)28(25(23)30)19-10-8-17(26)9-11-19/h4-14,27H,1-3H3. The van der Waals surface area contributed by atoms with Gasteiger partial charge in [0.25, 0.3) is 11.8 Å². The number of ether oxygens (including phenoxy) is 1. The van der Waals surface area contributed by atoms with Crippen molar-refractivity contribution in [1.82, 2.24) is 0 Å². The largest absolute Gasteiger partial charge is 0.496 e. The number of rotatable bonds is 5. The zero-order valence-corrected chi connectivity index (χ0v) is 17.4. The average molecular weight is 416 g/mol. The van der Waals surface area contributed by atoms with E-state index in [-0.39, 0.29) is 11.3 Å². The third kappa shape index (κ3) is 3.80. The Morgan fingerprint density at radius 3 is 2.16 bits per heavy atom. The van der Waals surface area contributed by atoms with Crippen molar-refractivity contribution in [3.63, 3.8) is 0 Å². The summed E-state index contributed by atoms with van der Waals surface area (Å²) in [7, 11) is 1.51. The first-order valence-electron chi connectivity index (χ1n) is 9.76. The summed E-state index contributed by atoms with van der Waals surface area (Å²) in [5.41, 5.74) is 3.88. The Hall–Kier alpha value is -3.93. The summed E-state index contributed by atoms with van der Waals surface area (Å²) in [5, 5.41) is 3.15. The molecule has 5 nitrogen and oxygen atoms in total. The molecule has 2 amide bonds. The number of anilines is 2. The molecule has 0 saturated heterocycles. The molecule has 0 unspecified atom stereocenters. The van der Waals surface area contributed by atoms with Gasteiger partial charge in [0.2, 0.25) is 0 Å². The SMILES string of the molecule is COc1ccccc1C1=C(Nc2cc(C)cc(C)c2)C(=O)N(c2ccc(F)cc2)C1=O. The van der Waals surface area contributed by atoms with Crippen LogP contribution in [0.25, 0.3) is 5.57 Å². The van der Waals surface area contributed by atoms with E-state index in [1.165, 1.54) is 31.4 Å². The van der Waals surface area contributed by atoms with E-state index in [0.717, 1.165) is 16.0 Å². The number of nitrogens with zero attached hydrogens (tertiary/aromatic N) is 1. The molecule has 4 rings (SSSR count). The minimum atomic E-state index is -0.517. The number of amides is 2. The van der Waals surface area contributed by atoms with Crippen LogP contribution >= 0.6 is 0 Å². The quantitative estimate of drug-likeness (QED) is 0.604. The lowest BCUT2D eigenvalue weighted by Crippen LogP contribution is -2.32. The molecule has 1 aliphatic heterocycles. The number of imide groups is 1. The van der Waals surface area contributed by atoms with Gasteiger partial charge in [0.1, 0.15) is 17.3 Å². The van der Waals surface area contributed by atoms with Crippen molar-refractivity contribution in [3.05, 3.63) is 94.9 Å². The van der Waals surface area contributed by atoms with Gasteiger partial charge < -0.3 is 10.1 Å². The maximum atomic E-state index is 13.5. The molecular weight excluding hydrogens is 395 g/mol. The lowest BCUT2D eigenvalue weighted by atomic mass is 10.0. The van der Waals surface area contributed by atoms with Crippen molar-refractivity contribution in [2.24, 2.45) is 0 Å². The summed E-state index contributed by atoms with van der Waals surface area (Å²) in [6, 6.07) is 18.1. The summed E-state index contributed by atoms with van der Waals surface area (Å²) in [4.78, 5) is 27.9. The molecule has 0 aliphatic carbocycles. The van der Waals surface area contributed by atoms with Gasteiger partial charge in [0, 0.05) is 11.3 Å². The van der Waals surface area contributed by atoms with Crippen LogP contribution in [-0.2, 0) is 9.59 Å². The van der Waals surface area contributed by atoms with Gasteiger partial charge in [-0.05, 0) is 67.4 Å². The molecule has 31 heavy (non-hydrogen) atoms. The predicted molar refractivity (Wildman–Crippen MR) is 118 cm³/mol. The number of hydrogen-bond acceptors (Lipinski definition) is 4. The lowest BCUT2D eigenvalue weighted by Gasteiger charge is -2.15. The Bertz CT molecular complexity index is 1200. The number of para-hydroxylation sites is 1. The van der Waals surface area contributed by atoms with E-state index in [1.807, 2.05) is 32.0 Å². The highest BCUT2D eigenvalue weighted by Gasteiger charge is 2.41. The van der Waals surface area contributed by atoms with Gasteiger partial charge in [-0.25, -0.2) is 9.29 Å². The molecule has 6 heteroatoms. The van der Waals surface area contributed by atoms with Crippen LogP contribution < -0.4 is 15.0 Å². The number of hydrogen-bond donors (Lipinski definition) is 1. The molecule has 3 aromatic rings. The number of methoxy groups -OCH3 is 1. The zero-order valence-electron chi connectivity index (χ0n) is 17.4. The number of benzene rings is 3. The van der Waals surface area contributed by atoms with Crippen molar-refractivity contribution in [2.75, 3.05) is 17.3 Å². The predicted octanol–water partition coefficient (Wildman–Crippen LogP) is 4.85. The second-order valence-electron chi connectivity index (χ2n) is 7.37. The number of carbonyl (C=O) groups excluding carboxylic acids is 2. The molecular formula is C25H21FN2O3. The second-order valence-corrected chi connectivity index (χ2v) is 7.37. The summed E-state index contributed by atoms with van der Waals surface area (Å²) < 4.78 is 18.9. The summed E-state index contributed by atoms with van der Waals surface area (Å²) in [6.45, 7) is 3.92. The summed E-state index contributed by atoms with van der Waals surface area (Å²) in [5.74, 6) is -1.00. The molecule has 156 valence electrons. The van der Waals surface area contributed by atoms with Crippen LogP contribution in [0.1, 0.15) is 16.7 Å². The van der Waals surface area contributed by atoms with Gasteiger partial charge in [0.05, 0.1) is 18.4 Å². The molecule has 0 saturated carbocycles. The van der Waals surface area contributed by atoms with Gasteiger partial charge in [-0.15, -0.1) is 0 Å². The van der Waals surface area contributed by atoms with Gasteiger partial charge in [-0.3, -0.25) is 9.59 Å². The van der Waals surface area contributed by atoms with Crippen LogP contribution in [0.5, 0.6) is 5.75 Å². The number of nitrogens with one attached hydrogen (secondary N) is 1. The minimum absolute atomic E-state index is 0.142. The van der Waals surface area contributed by atoms with Crippen molar-refractivity contribution < 1.29 is 18.7 Å². The van der Waals surface area contributed by atoms with Crippen LogP contribution in [0, 0.1) is 19.7 Å². The third-order valence-electron chi connectivity index (χ3n) is 5.04. The maximum absolute atomic E-state index is 13.5. The Kier molecular flexibility index (Phi) is 5.29. The number of carbonyl (C=O) groups is 2. The van der Waals surface area contributed by atoms with Crippen LogP contribution in [0.3, 0.4) is 0 Å². The Morgan fingerprint density at radius 2 is 1.52 bits per heavy atom. The molecule has 0 atom stereocenters. The highest BCUT2D eigenvalue weighted by atomic mass is 19.1. The normalized spacial score (nSPS) is 13.7. The minimum Gasteiger partial charge on any atom is -0.496 e. The van der Waals surface area contributed by atoms with E-state index in [0.29, 0.717) is 22.7 Å². The van der Waals surface area contributed by atoms with Crippen molar-refractivity contribution in [3.8, 4) is 5.75 Å². The zero-order chi connectivity index (χ0) is 22.1. The molecule has 0 fully saturated rings. The first kappa shape index (κ1) is 20.3. The molecule has 1 aliphatic rings. The van der Waals surface area contributed by atoms with Crippen LogP contribution in [0.15, 0.2) is 72.4 Å². The summed E-state index contributed by atoms with van der Waals surface area (Å²) >= 11 is 0. The van der Waals surface area contributed by atoms with Gasteiger partial charge >= 0.3 is 0 Å². The average Bonchev–Trinajstić information content (AvgIpc) is 2.97. The van der Waals surface area contributed by atoms with Gasteiger partial charge in [-0.2, -0.15) is 0 Å². The Morgan fingerprint density at radius 1 is 0.871 bits per heavy atom. The van der Waals surface area contributed by atoms with E-state index in [1.54, 1.807) is 24.3 Å². The maximum Gasteiger partial charge on any atom is 0.282 e. The summed E-state index contributed by atoms with van der Waals surface area (Å²) in [6.07, 6.45) is 0. The Labute approximate surface area is 179 Å². The second kappa shape index (κ2) is 8.07. The molecule has 0 radical (unpaired) electrons. The van der Waals surface area contributed by atoms with Crippen LogP contribution in [0.4, 0.5) is 15.8 Å². The van der Waals surface area contributed by atoms with E-state index < -0.39 is 17.6 Å². The molecule has 0 bridgehead atoms. The molecule has 1 heterocycles. The Balaban J connectivity index is 1.87. The molecule has 3 aromatic carbocycles. The third-order valence-corrected chi connectivity index (χ3v) is 5.04. The fourth-order valence-electron chi connectivity index (χ4n) is 3.76. The smallest absolute Gasteiger partial charge is 0.282 e. The van der Waals surface area contributed by atoms with Gasteiger partial charge in [-0.1, -0.05) is 24.3 Å². The van der Waals surface area contributed by atoms with E-state index >= 15 is 0 Å². The van der Waals surface area contributed by atoms with Crippen molar-refractivity contribution in [1.29, 1.82) is 0 Å². The van der Waals surface area contributed by atoms with Crippen LogP contribution in [0.2, 0.25) is 0 Å². The van der Waals surface area contributed by atoms with Crippen molar-refractivity contribution >= 4 is 28.8 Å². The van der Waals surface area contributed by atoms with Gasteiger partial charge in [0.15, 0.2) is 0 Å². The molecule has 1 N–H and O–H groups in total. The first-order chi connectivity index (χ1) is 14.9. The molecule has 0 aromatic heterocycles. The highest BCUT2D eigenvalue weighted by Crippen LogP contribution is 2.37. The van der Waals surface area contributed by atoms with Crippen LogP contribution in [-0.4, -0.2) is 18.9 Å². The molecule has 0 spiro atoms. The fourth-order valence-corrected chi connectivity index (χ4v) is 3.76. The lowest BCUT2D eigenvalue weighted by molar-refractivity contribution is -0.120. The highest BCUT2D eigenvalue weighted by molar-refractivity contribution is 6.46. The monoisotopic (exact) mass is 416 g/mol. The van der Waals surface area contributed by atoms with E-state index in [9.17, 15) is 14.0 Å². The number of aryl methyl sites for hydroxylation is 2. The fraction of sp³-hybridized carbons (Fsp3) is 0.120. The number of halogens is 1. The van der Waals surface area contributed by atoms with Crippen molar-refractivity contribution in [2.45, 2.75) is 13.8 Å². The first-order valence-corrected chi connectivity index (χ1v) is 9.76. The topological polar surface area (TPSA) is 58.6 Å².